The number of esters is 1. The van der Waals surface area contributed by atoms with Gasteiger partial charge in [-0.2, -0.15) is 0 Å². The van der Waals surface area contributed by atoms with Crippen molar-refractivity contribution in [3.63, 3.8) is 0 Å². The molecule has 0 saturated heterocycles. The van der Waals surface area contributed by atoms with E-state index < -0.39 is 5.60 Å². The number of rotatable bonds is 4. The van der Waals surface area contributed by atoms with Gasteiger partial charge in [0.1, 0.15) is 11.7 Å². The average molecular weight is 285 g/mol. The lowest BCUT2D eigenvalue weighted by atomic mass is 9.85. The summed E-state index contributed by atoms with van der Waals surface area (Å²) in [6, 6.07) is 0. The first-order valence-electron chi connectivity index (χ1n) is 7.40. The minimum atomic E-state index is -0.452. The van der Waals surface area contributed by atoms with E-state index in [9.17, 15) is 9.59 Å². The number of carbonyl (C=O) groups is 2. The molecule has 1 N–H and O–H groups in total. The number of hydrogen-bond donors (Lipinski definition) is 1. The van der Waals surface area contributed by atoms with Crippen LogP contribution in [0.3, 0.4) is 0 Å². The quantitative estimate of drug-likeness (QED) is 0.806. The van der Waals surface area contributed by atoms with Crippen molar-refractivity contribution in [1.29, 1.82) is 0 Å². The summed E-state index contributed by atoms with van der Waals surface area (Å²) in [4.78, 5) is 22.4. The lowest BCUT2D eigenvalue weighted by Crippen LogP contribution is -2.34. The van der Waals surface area contributed by atoms with Crippen molar-refractivity contribution in [2.75, 3.05) is 6.54 Å². The van der Waals surface area contributed by atoms with Crippen molar-refractivity contribution >= 4 is 12.1 Å². The highest BCUT2D eigenvalue weighted by atomic mass is 16.6. The molecule has 0 aromatic rings. The van der Waals surface area contributed by atoms with Gasteiger partial charge in [0.25, 0.3) is 0 Å². The molecule has 0 heterocycles. The van der Waals surface area contributed by atoms with Crippen LogP contribution in [0.2, 0.25) is 0 Å². The van der Waals surface area contributed by atoms with Crippen LogP contribution in [0.4, 0.5) is 4.79 Å². The Morgan fingerprint density at radius 2 is 1.75 bits per heavy atom. The fourth-order valence-corrected chi connectivity index (χ4v) is 2.47. The van der Waals surface area contributed by atoms with E-state index in [1.165, 1.54) is 6.92 Å². The van der Waals surface area contributed by atoms with Gasteiger partial charge >= 0.3 is 12.1 Å². The number of amides is 1. The number of alkyl carbamates (subject to hydrolysis) is 1. The van der Waals surface area contributed by atoms with Gasteiger partial charge in [0, 0.05) is 13.5 Å². The zero-order chi connectivity index (χ0) is 15.2. The molecule has 1 aliphatic rings. The molecule has 0 spiro atoms. The lowest BCUT2D eigenvalue weighted by molar-refractivity contribution is -0.148. The van der Waals surface area contributed by atoms with Gasteiger partial charge in [-0.05, 0) is 58.8 Å². The van der Waals surface area contributed by atoms with Gasteiger partial charge in [0.2, 0.25) is 0 Å². The summed E-state index contributed by atoms with van der Waals surface area (Å²) in [6.07, 6.45) is 4.63. The molecule has 1 amide bonds. The van der Waals surface area contributed by atoms with Gasteiger partial charge in [-0.1, -0.05) is 0 Å². The fraction of sp³-hybridized carbons (Fsp3) is 0.867. The maximum Gasteiger partial charge on any atom is 0.407 e. The Kier molecular flexibility index (Phi) is 6.30. The first kappa shape index (κ1) is 16.8. The summed E-state index contributed by atoms with van der Waals surface area (Å²) >= 11 is 0. The van der Waals surface area contributed by atoms with Crippen LogP contribution in [-0.4, -0.2) is 30.3 Å². The minimum Gasteiger partial charge on any atom is -0.463 e. The van der Waals surface area contributed by atoms with Crippen LogP contribution >= 0.6 is 0 Å². The minimum absolute atomic E-state index is 0.0857. The van der Waals surface area contributed by atoms with Crippen LogP contribution in [0.1, 0.15) is 59.8 Å². The van der Waals surface area contributed by atoms with E-state index in [1.54, 1.807) is 0 Å². The summed E-state index contributed by atoms with van der Waals surface area (Å²) < 4.78 is 10.4. The Morgan fingerprint density at radius 1 is 1.15 bits per heavy atom. The highest BCUT2D eigenvalue weighted by Gasteiger charge is 2.23. The first-order valence-corrected chi connectivity index (χ1v) is 7.40. The Balaban J connectivity index is 2.12. The van der Waals surface area contributed by atoms with Crippen molar-refractivity contribution in [3.05, 3.63) is 0 Å². The number of nitrogens with one attached hydrogen (secondary N) is 1. The van der Waals surface area contributed by atoms with E-state index in [1.807, 2.05) is 20.8 Å². The Morgan fingerprint density at radius 3 is 2.25 bits per heavy atom. The van der Waals surface area contributed by atoms with Gasteiger partial charge in [0.15, 0.2) is 0 Å². The average Bonchev–Trinajstić information content (AvgIpc) is 2.28. The highest BCUT2D eigenvalue weighted by Crippen LogP contribution is 2.28. The first-order chi connectivity index (χ1) is 9.26. The topological polar surface area (TPSA) is 64.6 Å². The van der Waals surface area contributed by atoms with Gasteiger partial charge in [-0.25, -0.2) is 4.79 Å². The largest absolute Gasteiger partial charge is 0.463 e. The molecule has 0 aromatic carbocycles. The third-order valence-electron chi connectivity index (χ3n) is 3.35. The molecule has 0 atom stereocenters. The van der Waals surface area contributed by atoms with Crippen molar-refractivity contribution in [3.8, 4) is 0 Å². The second-order valence-electron chi connectivity index (χ2n) is 6.47. The van der Waals surface area contributed by atoms with Gasteiger partial charge in [0.05, 0.1) is 0 Å². The molecule has 0 aliphatic heterocycles. The molecule has 1 fully saturated rings. The molecule has 0 aromatic heterocycles. The molecule has 1 rings (SSSR count). The van der Waals surface area contributed by atoms with E-state index in [0.717, 1.165) is 32.1 Å². The second kappa shape index (κ2) is 7.50. The normalized spacial score (nSPS) is 23.0. The van der Waals surface area contributed by atoms with E-state index in [-0.39, 0.29) is 18.2 Å². The Labute approximate surface area is 121 Å². The number of ether oxygens (including phenoxy) is 2. The molecule has 0 unspecified atom stereocenters. The maximum absolute atomic E-state index is 11.5. The van der Waals surface area contributed by atoms with Crippen LogP contribution < -0.4 is 5.32 Å². The number of hydrogen-bond acceptors (Lipinski definition) is 4. The van der Waals surface area contributed by atoms with Crippen LogP contribution in [0.25, 0.3) is 0 Å². The van der Waals surface area contributed by atoms with Crippen molar-refractivity contribution < 1.29 is 19.1 Å². The van der Waals surface area contributed by atoms with E-state index in [4.69, 9.17) is 9.47 Å². The van der Waals surface area contributed by atoms with Gasteiger partial charge in [-0.15, -0.1) is 0 Å². The third-order valence-corrected chi connectivity index (χ3v) is 3.35. The van der Waals surface area contributed by atoms with Crippen molar-refractivity contribution in [1.82, 2.24) is 5.32 Å². The standard InChI is InChI=1S/C15H27NO4/c1-11(17)19-13-7-5-12(6-8-13)9-10-16-14(18)20-15(2,3)4/h12-13H,5-10H2,1-4H3,(H,16,18). The summed E-state index contributed by atoms with van der Waals surface area (Å²) in [6.45, 7) is 7.64. The van der Waals surface area contributed by atoms with Crippen LogP contribution in [-0.2, 0) is 14.3 Å². The second-order valence-corrected chi connectivity index (χ2v) is 6.47. The summed E-state index contributed by atoms with van der Waals surface area (Å²) in [5.74, 6) is 0.400. The predicted octanol–water partition coefficient (Wildman–Crippen LogP) is 3.02. The predicted molar refractivity (Wildman–Crippen MR) is 76.4 cm³/mol. The smallest absolute Gasteiger partial charge is 0.407 e. The molecule has 1 saturated carbocycles. The van der Waals surface area contributed by atoms with E-state index >= 15 is 0 Å². The zero-order valence-corrected chi connectivity index (χ0v) is 13.0. The van der Waals surface area contributed by atoms with Crippen LogP contribution in [0.5, 0.6) is 0 Å². The maximum atomic E-state index is 11.5. The molecule has 20 heavy (non-hydrogen) atoms. The molecule has 1 aliphatic carbocycles. The summed E-state index contributed by atoms with van der Waals surface area (Å²) in [7, 11) is 0. The molecule has 5 heteroatoms. The number of carbonyl (C=O) groups excluding carboxylic acids is 2. The summed E-state index contributed by atoms with van der Waals surface area (Å²) in [5.41, 5.74) is -0.452. The molecule has 116 valence electrons. The van der Waals surface area contributed by atoms with Gasteiger partial charge < -0.3 is 14.8 Å². The Hall–Kier alpha value is -1.26. The van der Waals surface area contributed by atoms with Gasteiger partial charge in [-0.3, -0.25) is 4.79 Å². The molecule has 5 nitrogen and oxygen atoms in total. The van der Waals surface area contributed by atoms with Crippen molar-refractivity contribution in [2.24, 2.45) is 5.92 Å². The summed E-state index contributed by atoms with van der Waals surface area (Å²) in [5, 5.41) is 2.78. The molecular formula is C15H27NO4. The monoisotopic (exact) mass is 285 g/mol. The SMILES string of the molecule is CC(=O)OC1CCC(CCNC(=O)OC(C)(C)C)CC1. The highest BCUT2D eigenvalue weighted by molar-refractivity contribution is 5.67. The van der Waals surface area contributed by atoms with E-state index in [0.29, 0.717) is 12.5 Å². The van der Waals surface area contributed by atoms with Crippen molar-refractivity contribution in [2.45, 2.75) is 71.5 Å². The van der Waals surface area contributed by atoms with Crippen LogP contribution in [0.15, 0.2) is 0 Å². The zero-order valence-electron chi connectivity index (χ0n) is 13.0. The van der Waals surface area contributed by atoms with E-state index in [2.05, 4.69) is 5.32 Å². The Bertz CT molecular complexity index is 327. The fourth-order valence-electron chi connectivity index (χ4n) is 2.47. The van der Waals surface area contributed by atoms with Crippen LogP contribution in [0, 0.1) is 5.92 Å². The lowest BCUT2D eigenvalue weighted by Gasteiger charge is -2.28. The molecular weight excluding hydrogens is 258 g/mol. The molecule has 0 bridgehead atoms. The third kappa shape index (κ3) is 7.36. The molecule has 0 radical (unpaired) electrons.